The molecule has 0 amide bonds. The lowest BCUT2D eigenvalue weighted by Crippen LogP contribution is -2.06. The molecule has 0 aliphatic heterocycles. The Bertz CT molecular complexity index is 563. The number of halogens is 1. The van der Waals surface area contributed by atoms with Crippen LogP contribution < -0.4 is 4.74 Å². The summed E-state index contributed by atoms with van der Waals surface area (Å²) in [7, 11) is 0. The van der Waals surface area contributed by atoms with Crippen molar-refractivity contribution in [3.63, 3.8) is 0 Å². The normalized spacial score (nSPS) is 10.4. The molecule has 0 radical (unpaired) electrons. The molecular weight excluding hydrogens is 262 g/mol. The molecule has 0 bridgehead atoms. The zero-order chi connectivity index (χ0) is 13.7. The highest BCUT2D eigenvalue weighted by molar-refractivity contribution is 6.31. The second-order valence-electron chi connectivity index (χ2n) is 4.36. The first-order chi connectivity index (χ1) is 9.20. The molecule has 0 N–H and O–H groups in total. The first-order valence-corrected chi connectivity index (χ1v) is 6.58. The number of ether oxygens (including phenoxy) is 1. The number of hydrogen-bond donors (Lipinski definition) is 0. The van der Waals surface area contributed by atoms with Crippen LogP contribution in [0.1, 0.15) is 22.5 Å². The average molecular weight is 278 g/mol. The Morgan fingerprint density at radius 1 is 1.37 bits per heavy atom. The van der Waals surface area contributed by atoms with E-state index in [2.05, 4.69) is 0 Å². The van der Waals surface area contributed by atoms with Crippen LogP contribution in [0.15, 0.2) is 36.5 Å². The molecule has 0 aliphatic rings. The fourth-order valence-corrected chi connectivity index (χ4v) is 1.99. The van der Waals surface area contributed by atoms with E-state index in [4.69, 9.17) is 16.3 Å². The molecule has 0 saturated heterocycles. The second-order valence-corrected chi connectivity index (χ2v) is 4.76. The van der Waals surface area contributed by atoms with Crippen LogP contribution in [0.5, 0.6) is 5.75 Å². The molecule has 1 aromatic carbocycles. The highest BCUT2D eigenvalue weighted by atomic mass is 35.5. The van der Waals surface area contributed by atoms with Crippen molar-refractivity contribution in [2.24, 2.45) is 0 Å². The lowest BCUT2D eigenvalue weighted by atomic mass is 10.2. The quantitative estimate of drug-likeness (QED) is 0.595. The van der Waals surface area contributed by atoms with Gasteiger partial charge < -0.3 is 9.30 Å². The van der Waals surface area contributed by atoms with Crippen molar-refractivity contribution in [1.29, 1.82) is 0 Å². The molecule has 0 atom stereocenters. The van der Waals surface area contributed by atoms with Gasteiger partial charge >= 0.3 is 0 Å². The van der Waals surface area contributed by atoms with E-state index < -0.39 is 0 Å². The summed E-state index contributed by atoms with van der Waals surface area (Å²) < 4.78 is 7.57. The zero-order valence-electron chi connectivity index (χ0n) is 10.8. The topological polar surface area (TPSA) is 31.2 Å². The van der Waals surface area contributed by atoms with E-state index in [0.29, 0.717) is 12.3 Å². The third-order valence-corrected chi connectivity index (χ3v) is 3.35. The molecule has 100 valence electrons. The maximum Gasteiger partial charge on any atom is 0.166 e. The van der Waals surface area contributed by atoms with Crippen molar-refractivity contribution >= 4 is 17.9 Å². The summed E-state index contributed by atoms with van der Waals surface area (Å²) >= 11 is 5.95. The largest absolute Gasteiger partial charge is 0.494 e. The molecular formula is C15H16ClNO2. The Balaban J connectivity index is 1.80. The summed E-state index contributed by atoms with van der Waals surface area (Å²) in [6, 6.07) is 9.29. The Morgan fingerprint density at radius 2 is 2.21 bits per heavy atom. The first-order valence-electron chi connectivity index (χ1n) is 6.20. The van der Waals surface area contributed by atoms with Gasteiger partial charge in [0.2, 0.25) is 0 Å². The van der Waals surface area contributed by atoms with E-state index in [1.54, 1.807) is 6.07 Å². The van der Waals surface area contributed by atoms with E-state index in [1.807, 2.05) is 42.0 Å². The van der Waals surface area contributed by atoms with Crippen molar-refractivity contribution in [2.45, 2.75) is 19.9 Å². The summed E-state index contributed by atoms with van der Waals surface area (Å²) in [4.78, 5) is 10.7. The van der Waals surface area contributed by atoms with Gasteiger partial charge in [0.05, 0.1) is 12.3 Å². The molecule has 4 heteroatoms. The SMILES string of the molecule is Cc1cc(OCCCn2cccc2C=O)ccc1Cl. The summed E-state index contributed by atoms with van der Waals surface area (Å²) in [5, 5.41) is 0.746. The number of carbonyl (C=O) groups is 1. The number of aryl methyl sites for hydroxylation is 2. The average Bonchev–Trinajstić information content (AvgIpc) is 2.86. The van der Waals surface area contributed by atoms with Gasteiger partial charge in [-0.2, -0.15) is 0 Å². The van der Waals surface area contributed by atoms with Crippen LogP contribution in [-0.2, 0) is 6.54 Å². The van der Waals surface area contributed by atoms with Gasteiger partial charge in [0.15, 0.2) is 6.29 Å². The molecule has 3 nitrogen and oxygen atoms in total. The lowest BCUT2D eigenvalue weighted by Gasteiger charge is -2.09. The van der Waals surface area contributed by atoms with E-state index >= 15 is 0 Å². The summed E-state index contributed by atoms with van der Waals surface area (Å²) in [5.74, 6) is 0.824. The summed E-state index contributed by atoms with van der Waals surface area (Å²) in [6.07, 6.45) is 3.61. The lowest BCUT2D eigenvalue weighted by molar-refractivity contribution is 0.111. The van der Waals surface area contributed by atoms with Crippen LogP contribution in [0.4, 0.5) is 0 Å². The molecule has 0 unspecified atom stereocenters. The van der Waals surface area contributed by atoms with E-state index in [0.717, 1.165) is 35.6 Å². The standard InChI is InChI=1S/C15H16ClNO2/c1-12-10-14(5-6-15(12)16)19-9-3-8-17-7-2-4-13(17)11-18/h2,4-7,10-11H,3,8-9H2,1H3. The minimum atomic E-state index is 0.609. The number of hydrogen-bond acceptors (Lipinski definition) is 2. The number of rotatable bonds is 6. The fourth-order valence-electron chi connectivity index (χ4n) is 1.87. The van der Waals surface area contributed by atoms with Crippen LogP contribution in [0.2, 0.25) is 5.02 Å². The van der Waals surface area contributed by atoms with Crippen molar-refractivity contribution in [3.05, 3.63) is 52.8 Å². The number of benzene rings is 1. The van der Waals surface area contributed by atoms with Crippen LogP contribution in [0.25, 0.3) is 0 Å². The molecule has 1 aromatic heterocycles. The van der Waals surface area contributed by atoms with Crippen molar-refractivity contribution in [2.75, 3.05) is 6.61 Å². The Kier molecular flexibility index (Phi) is 4.63. The number of carbonyl (C=O) groups excluding carboxylic acids is 1. The smallest absolute Gasteiger partial charge is 0.166 e. The second kappa shape index (κ2) is 6.43. The Labute approximate surface area is 117 Å². The molecule has 0 fully saturated rings. The summed E-state index contributed by atoms with van der Waals surface area (Å²) in [5.41, 5.74) is 1.70. The number of aromatic nitrogens is 1. The van der Waals surface area contributed by atoms with E-state index in [-0.39, 0.29) is 0 Å². The third kappa shape index (κ3) is 3.61. The predicted octanol–water partition coefficient (Wildman–Crippen LogP) is 3.73. The number of nitrogens with zero attached hydrogens (tertiary/aromatic N) is 1. The molecule has 2 aromatic rings. The highest BCUT2D eigenvalue weighted by Gasteiger charge is 2.00. The summed E-state index contributed by atoms with van der Waals surface area (Å²) in [6.45, 7) is 3.33. The van der Waals surface area contributed by atoms with E-state index in [9.17, 15) is 4.79 Å². The first kappa shape index (κ1) is 13.7. The van der Waals surface area contributed by atoms with Crippen LogP contribution >= 0.6 is 11.6 Å². The van der Waals surface area contributed by atoms with Gasteiger partial charge in [0.25, 0.3) is 0 Å². The maximum absolute atomic E-state index is 10.7. The van der Waals surface area contributed by atoms with Crippen molar-refractivity contribution in [3.8, 4) is 5.75 Å². The molecule has 0 aliphatic carbocycles. The minimum absolute atomic E-state index is 0.609. The molecule has 0 saturated carbocycles. The van der Waals surface area contributed by atoms with Crippen LogP contribution in [0.3, 0.4) is 0 Å². The van der Waals surface area contributed by atoms with Gasteiger partial charge in [-0.05, 0) is 49.2 Å². The molecule has 1 heterocycles. The maximum atomic E-state index is 10.7. The van der Waals surface area contributed by atoms with Gasteiger partial charge in [0.1, 0.15) is 5.75 Å². The monoisotopic (exact) mass is 277 g/mol. The van der Waals surface area contributed by atoms with Crippen LogP contribution in [-0.4, -0.2) is 17.5 Å². The van der Waals surface area contributed by atoms with Crippen molar-refractivity contribution < 1.29 is 9.53 Å². The predicted molar refractivity (Wildman–Crippen MR) is 76.1 cm³/mol. The van der Waals surface area contributed by atoms with E-state index in [1.165, 1.54) is 0 Å². The molecule has 2 rings (SSSR count). The van der Waals surface area contributed by atoms with Gasteiger partial charge in [-0.3, -0.25) is 4.79 Å². The third-order valence-electron chi connectivity index (χ3n) is 2.93. The molecule has 0 spiro atoms. The number of aldehydes is 1. The minimum Gasteiger partial charge on any atom is -0.494 e. The van der Waals surface area contributed by atoms with Gasteiger partial charge in [-0.25, -0.2) is 0 Å². The van der Waals surface area contributed by atoms with Gasteiger partial charge in [0, 0.05) is 17.8 Å². The Hall–Kier alpha value is -1.74. The van der Waals surface area contributed by atoms with Crippen molar-refractivity contribution in [1.82, 2.24) is 4.57 Å². The van der Waals surface area contributed by atoms with Gasteiger partial charge in [-0.1, -0.05) is 11.6 Å². The van der Waals surface area contributed by atoms with Gasteiger partial charge in [-0.15, -0.1) is 0 Å². The Morgan fingerprint density at radius 3 is 2.95 bits per heavy atom. The highest BCUT2D eigenvalue weighted by Crippen LogP contribution is 2.21. The zero-order valence-corrected chi connectivity index (χ0v) is 11.6. The molecule has 19 heavy (non-hydrogen) atoms. The van der Waals surface area contributed by atoms with Crippen LogP contribution in [0, 0.1) is 6.92 Å². The fraction of sp³-hybridized carbons (Fsp3) is 0.267.